The van der Waals surface area contributed by atoms with Gasteiger partial charge in [0.25, 0.3) is 0 Å². The molecule has 1 unspecified atom stereocenters. The fraction of sp³-hybridized carbons (Fsp3) is 0.571. The van der Waals surface area contributed by atoms with E-state index in [0.29, 0.717) is 0 Å². The highest BCUT2D eigenvalue weighted by molar-refractivity contribution is 5.33. The molecule has 0 rings (SSSR count). The summed E-state index contributed by atoms with van der Waals surface area (Å²) in [7, 11) is 0. The van der Waals surface area contributed by atoms with Crippen molar-refractivity contribution in [3.8, 4) is 0 Å². The molecule has 0 radical (unpaired) electrons. The summed E-state index contributed by atoms with van der Waals surface area (Å²) in [6.45, 7) is 3.84. The average Bonchev–Trinajstić information content (AvgIpc) is 1.82. The summed E-state index contributed by atoms with van der Waals surface area (Å²) in [6, 6.07) is 0. The van der Waals surface area contributed by atoms with Gasteiger partial charge in [0.05, 0.1) is 12.6 Å². The van der Waals surface area contributed by atoms with Gasteiger partial charge in [-0.3, -0.25) is 0 Å². The number of rotatable bonds is 3. The molecule has 0 aliphatic carbocycles. The molecular formula is C7H11NO2. The minimum atomic E-state index is -0.647. The van der Waals surface area contributed by atoms with Crippen molar-refractivity contribution < 1.29 is 9.90 Å². The molecule has 0 aliphatic rings. The molecule has 0 heterocycles. The van der Waals surface area contributed by atoms with Crippen molar-refractivity contribution in [2.75, 3.05) is 6.54 Å². The van der Waals surface area contributed by atoms with E-state index < -0.39 is 6.10 Å². The highest BCUT2D eigenvalue weighted by Crippen LogP contribution is 1.93. The van der Waals surface area contributed by atoms with Crippen molar-refractivity contribution in [1.82, 2.24) is 0 Å². The maximum absolute atomic E-state index is 9.57. The number of aliphatic hydroxyl groups is 1. The Hall–Kier alpha value is -0.920. The van der Waals surface area contributed by atoms with E-state index in [1.807, 2.05) is 13.8 Å². The van der Waals surface area contributed by atoms with E-state index in [2.05, 4.69) is 4.99 Å². The number of isocyanates is 1. The Kier molecular flexibility index (Phi) is 4.46. The lowest BCUT2D eigenvalue weighted by molar-refractivity contribution is 0.231. The lowest BCUT2D eigenvalue weighted by Crippen LogP contribution is -2.06. The molecule has 1 atom stereocenters. The first-order chi connectivity index (χ1) is 4.66. The fourth-order valence-corrected chi connectivity index (χ4v) is 0.568. The van der Waals surface area contributed by atoms with Gasteiger partial charge in [-0.1, -0.05) is 11.6 Å². The minimum Gasteiger partial charge on any atom is -0.387 e. The largest absolute Gasteiger partial charge is 0.387 e. The Bertz CT molecular complexity index is 164. The second-order valence-electron chi connectivity index (χ2n) is 2.24. The molecule has 3 nitrogen and oxygen atoms in total. The molecule has 0 aromatic heterocycles. The van der Waals surface area contributed by atoms with Crippen LogP contribution in [-0.2, 0) is 4.79 Å². The second-order valence-corrected chi connectivity index (χ2v) is 2.24. The van der Waals surface area contributed by atoms with Crippen LogP contribution in [0.4, 0.5) is 0 Å². The Balaban J connectivity index is 3.74. The van der Waals surface area contributed by atoms with Gasteiger partial charge < -0.3 is 5.11 Å². The first-order valence-electron chi connectivity index (χ1n) is 3.03. The fourth-order valence-electron chi connectivity index (χ4n) is 0.568. The molecule has 0 bridgehead atoms. The zero-order valence-corrected chi connectivity index (χ0v) is 6.16. The monoisotopic (exact) mass is 141 g/mol. The number of hydrogen-bond donors (Lipinski definition) is 1. The molecule has 1 N–H and O–H groups in total. The van der Waals surface area contributed by atoms with Crippen molar-refractivity contribution in [2.24, 2.45) is 4.99 Å². The highest BCUT2D eigenvalue weighted by Gasteiger charge is 1.95. The van der Waals surface area contributed by atoms with Crippen molar-refractivity contribution in [1.29, 1.82) is 0 Å². The lowest BCUT2D eigenvalue weighted by atomic mass is 10.2. The molecule has 0 aromatic carbocycles. The van der Waals surface area contributed by atoms with Gasteiger partial charge in [-0.2, -0.15) is 0 Å². The lowest BCUT2D eigenvalue weighted by Gasteiger charge is -1.98. The molecule has 0 saturated heterocycles. The van der Waals surface area contributed by atoms with Gasteiger partial charge in [0.15, 0.2) is 0 Å². The number of carbonyl (C=O) groups excluding carboxylic acids is 1. The Morgan fingerprint density at radius 3 is 2.80 bits per heavy atom. The molecule has 0 aromatic rings. The van der Waals surface area contributed by atoms with Crippen LogP contribution in [0.3, 0.4) is 0 Å². The van der Waals surface area contributed by atoms with E-state index in [-0.39, 0.29) is 6.54 Å². The number of nitrogens with zero attached hydrogens (tertiary/aromatic N) is 1. The van der Waals surface area contributed by atoms with Gasteiger partial charge in [-0.05, 0) is 13.8 Å². The molecule has 0 spiro atoms. The molecule has 0 saturated carbocycles. The van der Waals surface area contributed by atoms with Crippen LogP contribution in [-0.4, -0.2) is 23.8 Å². The topological polar surface area (TPSA) is 49.7 Å². The van der Waals surface area contributed by atoms with Crippen molar-refractivity contribution in [3.63, 3.8) is 0 Å². The summed E-state index contributed by atoms with van der Waals surface area (Å²) < 4.78 is 0. The van der Waals surface area contributed by atoms with Gasteiger partial charge in [0.1, 0.15) is 0 Å². The number of aliphatic imine (C=N–C) groups is 1. The van der Waals surface area contributed by atoms with Crippen LogP contribution in [0.2, 0.25) is 0 Å². The van der Waals surface area contributed by atoms with Gasteiger partial charge in [0, 0.05) is 0 Å². The third-order valence-electron chi connectivity index (χ3n) is 0.869. The van der Waals surface area contributed by atoms with E-state index in [0.717, 1.165) is 5.57 Å². The van der Waals surface area contributed by atoms with Crippen molar-refractivity contribution in [2.45, 2.75) is 20.0 Å². The van der Waals surface area contributed by atoms with Crippen LogP contribution in [0.15, 0.2) is 16.6 Å². The molecule has 0 fully saturated rings. The number of hydrogen-bond acceptors (Lipinski definition) is 3. The first kappa shape index (κ1) is 9.08. The molecule has 56 valence electrons. The van der Waals surface area contributed by atoms with E-state index in [4.69, 9.17) is 5.11 Å². The molecular weight excluding hydrogens is 130 g/mol. The predicted octanol–water partition coefficient (Wildman–Crippen LogP) is 0.649. The van der Waals surface area contributed by atoms with E-state index in [1.165, 1.54) is 6.08 Å². The SMILES string of the molecule is CC(C)=CC(O)CN=C=O. The van der Waals surface area contributed by atoms with Crippen LogP contribution in [0, 0.1) is 0 Å². The zero-order valence-electron chi connectivity index (χ0n) is 6.16. The molecule has 3 heteroatoms. The maximum Gasteiger partial charge on any atom is 0.235 e. The van der Waals surface area contributed by atoms with Gasteiger partial charge in [0.2, 0.25) is 6.08 Å². The summed E-state index contributed by atoms with van der Waals surface area (Å²) >= 11 is 0. The minimum absolute atomic E-state index is 0.106. The van der Waals surface area contributed by atoms with Gasteiger partial charge in [-0.15, -0.1) is 0 Å². The molecule has 10 heavy (non-hydrogen) atoms. The smallest absolute Gasteiger partial charge is 0.235 e. The van der Waals surface area contributed by atoms with Crippen LogP contribution >= 0.6 is 0 Å². The Morgan fingerprint density at radius 2 is 2.40 bits per heavy atom. The van der Waals surface area contributed by atoms with E-state index in [9.17, 15) is 4.79 Å². The normalized spacial score (nSPS) is 11.5. The molecule has 0 amide bonds. The van der Waals surface area contributed by atoms with Crippen molar-refractivity contribution >= 4 is 6.08 Å². The Morgan fingerprint density at radius 1 is 1.80 bits per heavy atom. The summed E-state index contributed by atoms with van der Waals surface area (Å²) in [5, 5.41) is 9.00. The highest BCUT2D eigenvalue weighted by atomic mass is 16.3. The maximum atomic E-state index is 9.57. The number of aliphatic hydroxyl groups excluding tert-OH is 1. The van der Waals surface area contributed by atoms with Gasteiger partial charge >= 0.3 is 0 Å². The third kappa shape index (κ3) is 5.22. The van der Waals surface area contributed by atoms with Crippen LogP contribution in [0.5, 0.6) is 0 Å². The van der Waals surface area contributed by atoms with Crippen LogP contribution in [0.1, 0.15) is 13.8 Å². The first-order valence-corrected chi connectivity index (χ1v) is 3.03. The summed E-state index contributed by atoms with van der Waals surface area (Å²) in [5.74, 6) is 0. The summed E-state index contributed by atoms with van der Waals surface area (Å²) in [4.78, 5) is 12.8. The predicted molar refractivity (Wildman–Crippen MR) is 38.4 cm³/mol. The Labute approximate surface area is 60.1 Å². The number of allylic oxidation sites excluding steroid dienone is 1. The van der Waals surface area contributed by atoms with Crippen LogP contribution in [0.25, 0.3) is 0 Å². The van der Waals surface area contributed by atoms with Crippen LogP contribution < -0.4 is 0 Å². The summed E-state index contributed by atoms with van der Waals surface area (Å²) in [6.07, 6.45) is 2.35. The average molecular weight is 141 g/mol. The van der Waals surface area contributed by atoms with E-state index >= 15 is 0 Å². The second kappa shape index (κ2) is 4.91. The van der Waals surface area contributed by atoms with E-state index in [1.54, 1.807) is 6.08 Å². The third-order valence-corrected chi connectivity index (χ3v) is 0.869. The summed E-state index contributed by atoms with van der Waals surface area (Å²) in [5.41, 5.74) is 1.01. The molecule has 0 aliphatic heterocycles. The zero-order chi connectivity index (χ0) is 7.98. The quantitative estimate of drug-likeness (QED) is 0.356. The van der Waals surface area contributed by atoms with Crippen molar-refractivity contribution in [3.05, 3.63) is 11.6 Å². The van der Waals surface area contributed by atoms with Gasteiger partial charge in [-0.25, -0.2) is 9.79 Å². The standard InChI is InChI=1S/C7H11NO2/c1-6(2)3-7(10)4-8-5-9/h3,7,10H,4H2,1-2H3.